The fraction of sp³-hybridized carbons (Fsp3) is 0.231. The van der Waals surface area contributed by atoms with Crippen molar-refractivity contribution in [3.8, 4) is 0 Å². The molecule has 98 valence electrons. The number of anilines is 2. The summed E-state index contributed by atoms with van der Waals surface area (Å²) in [7, 11) is 2.04. The summed E-state index contributed by atoms with van der Waals surface area (Å²) in [6, 6.07) is 5.82. The van der Waals surface area contributed by atoms with Crippen LogP contribution in [-0.4, -0.2) is 17.0 Å². The number of thiazole rings is 2. The second kappa shape index (κ2) is 4.79. The molecule has 3 rings (SSSR count). The van der Waals surface area contributed by atoms with E-state index in [9.17, 15) is 0 Å². The van der Waals surface area contributed by atoms with Crippen LogP contribution in [0.5, 0.6) is 0 Å². The van der Waals surface area contributed by atoms with E-state index < -0.39 is 0 Å². The van der Waals surface area contributed by atoms with Crippen molar-refractivity contribution in [1.82, 2.24) is 9.97 Å². The van der Waals surface area contributed by atoms with Crippen molar-refractivity contribution < 1.29 is 0 Å². The smallest absolute Gasteiger partial charge is 0.186 e. The number of hydrogen-bond acceptors (Lipinski definition) is 6. The van der Waals surface area contributed by atoms with Crippen LogP contribution in [0.2, 0.25) is 0 Å². The molecule has 0 aliphatic carbocycles. The molecule has 0 spiro atoms. The third-order valence-electron chi connectivity index (χ3n) is 2.79. The fourth-order valence-corrected chi connectivity index (χ4v) is 3.46. The van der Waals surface area contributed by atoms with Crippen LogP contribution in [0.4, 0.5) is 10.8 Å². The van der Waals surface area contributed by atoms with Gasteiger partial charge in [-0.15, -0.1) is 11.3 Å². The molecule has 1 aromatic carbocycles. The fourth-order valence-electron chi connectivity index (χ4n) is 1.88. The molecule has 0 fully saturated rings. The first-order valence-electron chi connectivity index (χ1n) is 5.90. The molecule has 3 aromatic rings. The van der Waals surface area contributed by atoms with Gasteiger partial charge in [-0.1, -0.05) is 11.3 Å². The van der Waals surface area contributed by atoms with Crippen LogP contribution in [0.1, 0.15) is 10.7 Å². The maximum absolute atomic E-state index is 5.79. The molecule has 0 aliphatic rings. The summed E-state index contributed by atoms with van der Waals surface area (Å²) in [5.74, 6) is 0. The summed E-state index contributed by atoms with van der Waals surface area (Å²) in [6.45, 7) is 2.80. The number of aromatic nitrogens is 2. The maximum Gasteiger partial charge on any atom is 0.186 e. The summed E-state index contributed by atoms with van der Waals surface area (Å²) < 4.78 is 1.12. The number of nitrogens with two attached hydrogens (primary N) is 1. The number of nitrogen functional groups attached to an aromatic ring is 1. The Morgan fingerprint density at radius 1 is 1.32 bits per heavy atom. The number of aryl methyl sites for hydroxylation is 1. The molecule has 2 heterocycles. The molecule has 0 saturated carbocycles. The van der Waals surface area contributed by atoms with Crippen LogP contribution in [0.15, 0.2) is 23.6 Å². The molecule has 2 N–H and O–H groups in total. The van der Waals surface area contributed by atoms with E-state index in [4.69, 9.17) is 5.73 Å². The van der Waals surface area contributed by atoms with E-state index in [1.165, 1.54) is 0 Å². The number of rotatable bonds is 3. The van der Waals surface area contributed by atoms with Gasteiger partial charge in [-0.2, -0.15) is 0 Å². The predicted molar refractivity (Wildman–Crippen MR) is 83.0 cm³/mol. The molecule has 0 bridgehead atoms. The first-order valence-corrected chi connectivity index (χ1v) is 7.59. The minimum Gasteiger partial charge on any atom is -0.399 e. The second-order valence-electron chi connectivity index (χ2n) is 4.44. The van der Waals surface area contributed by atoms with Crippen LogP contribution in [0, 0.1) is 6.92 Å². The Morgan fingerprint density at radius 2 is 2.16 bits per heavy atom. The quantitative estimate of drug-likeness (QED) is 0.752. The standard InChI is InChI=1S/C13H14N4S2/c1-8-15-10(7-18-8)6-17(2)13-16-11-4-3-9(14)5-12(11)19-13/h3-5,7H,6,14H2,1-2H3. The molecular formula is C13H14N4S2. The molecule has 2 aromatic heterocycles. The van der Waals surface area contributed by atoms with Crippen molar-refractivity contribution in [2.75, 3.05) is 17.7 Å². The lowest BCUT2D eigenvalue weighted by Crippen LogP contribution is -2.16. The molecule has 0 aliphatic heterocycles. The van der Waals surface area contributed by atoms with Crippen LogP contribution < -0.4 is 10.6 Å². The molecule has 0 amide bonds. The van der Waals surface area contributed by atoms with E-state index >= 15 is 0 Å². The average Bonchev–Trinajstić information content (AvgIpc) is 2.95. The molecular weight excluding hydrogens is 276 g/mol. The molecule has 0 unspecified atom stereocenters. The van der Waals surface area contributed by atoms with Gasteiger partial charge in [0.1, 0.15) is 0 Å². The number of benzene rings is 1. The van der Waals surface area contributed by atoms with E-state index in [0.717, 1.165) is 38.3 Å². The summed E-state index contributed by atoms with van der Waals surface area (Å²) in [5, 5.41) is 4.18. The number of nitrogens with zero attached hydrogens (tertiary/aromatic N) is 3. The highest BCUT2D eigenvalue weighted by Crippen LogP contribution is 2.30. The largest absolute Gasteiger partial charge is 0.399 e. The van der Waals surface area contributed by atoms with Gasteiger partial charge in [0.2, 0.25) is 0 Å². The normalized spacial score (nSPS) is 11.1. The molecule has 0 radical (unpaired) electrons. The zero-order valence-electron chi connectivity index (χ0n) is 10.8. The maximum atomic E-state index is 5.79. The lowest BCUT2D eigenvalue weighted by molar-refractivity contribution is 0.886. The van der Waals surface area contributed by atoms with Crippen molar-refractivity contribution >= 4 is 43.7 Å². The third-order valence-corrected chi connectivity index (χ3v) is 4.75. The number of fused-ring (bicyclic) bond motifs is 1. The SMILES string of the molecule is Cc1nc(CN(C)c2nc3ccc(N)cc3s2)cs1. The molecule has 6 heteroatoms. The van der Waals surface area contributed by atoms with Crippen LogP contribution >= 0.6 is 22.7 Å². The minimum atomic E-state index is 0.777. The van der Waals surface area contributed by atoms with E-state index in [-0.39, 0.29) is 0 Å². The molecule has 0 saturated heterocycles. The van der Waals surface area contributed by atoms with Gasteiger partial charge in [-0.25, -0.2) is 9.97 Å². The van der Waals surface area contributed by atoms with Crippen molar-refractivity contribution in [2.24, 2.45) is 0 Å². The first kappa shape index (κ1) is 12.4. The molecule has 0 atom stereocenters. The Balaban J connectivity index is 1.86. The van der Waals surface area contributed by atoms with Gasteiger partial charge in [-0.05, 0) is 25.1 Å². The lowest BCUT2D eigenvalue weighted by Gasteiger charge is -2.13. The van der Waals surface area contributed by atoms with Crippen LogP contribution in [0.25, 0.3) is 10.2 Å². The van der Waals surface area contributed by atoms with E-state index in [0.29, 0.717) is 0 Å². The zero-order chi connectivity index (χ0) is 13.4. The monoisotopic (exact) mass is 290 g/mol. The number of hydrogen-bond donors (Lipinski definition) is 1. The first-order chi connectivity index (χ1) is 9.11. The highest BCUT2D eigenvalue weighted by atomic mass is 32.1. The van der Waals surface area contributed by atoms with E-state index in [2.05, 4.69) is 20.2 Å². The summed E-state index contributed by atoms with van der Waals surface area (Å²) in [6.07, 6.45) is 0. The summed E-state index contributed by atoms with van der Waals surface area (Å²) in [5.41, 5.74) is 8.65. The van der Waals surface area contributed by atoms with Gasteiger partial charge in [0.25, 0.3) is 0 Å². The van der Waals surface area contributed by atoms with Crippen molar-refractivity contribution in [3.63, 3.8) is 0 Å². The van der Waals surface area contributed by atoms with Gasteiger partial charge >= 0.3 is 0 Å². The van der Waals surface area contributed by atoms with Crippen LogP contribution in [0.3, 0.4) is 0 Å². The van der Waals surface area contributed by atoms with Gasteiger partial charge in [0.15, 0.2) is 5.13 Å². The highest BCUT2D eigenvalue weighted by Gasteiger charge is 2.10. The Hall–Kier alpha value is -1.66. The average molecular weight is 290 g/mol. The topological polar surface area (TPSA) is 55.0 Å². The molecule has 4 nitrogen and oxygen atoms in total. The Morgan fingerprint density at radius 3 is 2.89 bits per heavy atom. The zero-order valence-corrected chi connectivity index (χ0v) is 12.4. The highest BCUT2D eigenvalue weighted by molar-refractivity contribution is 7.22. The predicted octanol–water partition coefficient (Wildman–Crippen LogP) is 3.28. The van der Waals surface area contributed by atoms with Gasteiger partial charge in [0, 0.05) is 18.1 Å². The van der Waals surface area contributed by atoms with Gasteiger partial charge in [-0.3, -0.25) is 0 Å². The van der Waals surface area contributed by atoms with Crippen molar-refractivity contribution in [2.45, 2.75) is 13.5 Å². The Bertz CT molecular complexity index is 716. The van der Waals surface area contributed by atoms with E-state index in [1.807, 2.05) is 32.2 Å². The Labute approximate surface area is 119 Å². The van der Waals surface area contributed by atoms with Gasteiger partial charge in [0.05, 0.1) is 27.5 Å². The van der Waals surface area contributed by atoms with E-state index in [1.54, 1.807) is 22.7 Å². The third kappa shape index (κ3) is 2.54. The summed E-state index contributed by atoms with van der Waals surface area (Å²) >= 11 is 3.33. The van der Waals surface area contributed by atoms with Crippen molar-refractivity contribution in [3.05, 3.63) is 34.3 Å². The van der Waals surface area contributed by atoms with Crippen molar-refractivity contribution in [1.29, 1.82) is 0 Å². The van der Waals surface area contributed by atoms with Crippen LogP contribution in [-0.2, 0) is 6.54 Å². The summed E-state index contributed by atoms with van der Waals surface area (Å²) in [4.78, 5) is 11.2. The lowest BCUT2D eigenvalue weighted by atomic mass is 10.3. The second-order valence-corrected chi connectivity index (χ2v) is 6.51. The molecule has 19 heavy (non-hydrogen) atoms. The minimum absolute atomic E-state index is 0.777. The van der Waals surface area contributed by atoms with Gasteiger partial charge < -0.3 is 10.6 Å². The Kier molecular flexibility index (Phi) is 3.12.